The Bertz CT molecular complexity index is 401. The van der Waals surface area contributed by atoms with Gasteiger partial charge in [0.05, 0.1) is 6.04 Å². The molecule has 0 aromatic heterocycles. The van der Waals surface area contributed by atoms with E-state index in [1.807, 2.05) is 13.8 Å². The summed E-state index contributed by atoms with van der Waals surface area (Å²) in [5.41, 5.74) is 6.55. The van der Waals surface area contributed by atoms with Gasteiger partial charge in [0.1, 0.15) is 5.82 Å². The SMILES string of the molecule is CCC(CN)CC(=O)N(C)C(C)c1ccc(F)cc1. The van der Waals surface area contributed by atoms with Crippen LogP contribution < -0.4 is 5.73 Å². The first-order chi connectivity index (χ1) is 8.99. The van der Waals surface area contributed by atoms with E-state index in [9.17, 15) is 9.18 Å². The topological polar surface area (TPSA) is 46.3 Å². The highest BCUT2D eigenvalue weighted by molar-refractivity contribution is 5.76. The van der Waals surface area contributed by atoms with Crippen molar-refractivity contribution in [3.8, 4) is 0 Å². The molecule has 0 radical (unpaired) electrons. The van der Waals surface area contributed by atoms with E-state index in [4.69, 9.17) is 5.73 Å². The fraction of sp³-hybridized carbons (Fsp3) is 0.533. The molecule has 1 amide bonds. The Labute approximate surface area is 114 Å². The van der Waals surface area contributed by atoms with Gasteiger partial charge in [0, 0.05) is 13.5 Å². The van der Waals surface area contributed by atoms with Crippen LogP contribution in [0.15, 0.2) is 24.3 Å². The van der Waals surface area contributed by atoms with Crippen molar-refractivity contribution >= 4 is 5.91 Å². The molecule has 106 valence electrons. The molecular formula is C15H23FN2O. The normalized spacial score (nSPS) is 13.9. The number of carbonyl (C=O) groups is 1. The lowest BCUT2D eigenvalue weighted by molar-refractivity contribution is -0.132. The Morgan fingerprint density at radius 2 is 1.95 bits per heavy atom. The maximum atomic E-state index is 12.9. The summed E-state index contributed by atoms with van der Waals surface area (Å²) in [5.74, 6) is 0.0450. The second kappa shape index (κ2) is 7.24. The Morgan fingerprint density at radius 1 is 1.37 bits per heavy atom. The molecule has 1 aromatic carbocycles. The molecule has 0 heterocycles. The van der Waals surface area contributed by atoms with Crippen molar-refractivity contribution in [1.82, 2.24) is 4.90 Å². The predicted molar refractivity (Wildman–Crippen MR) is 75.0 cm³/mol. The largest absolute Gasteiger partial charge is 0.339 e. The average Bonchev–Trinajstić information content (AvgIpc) is 2.43. The van der Waals surface area contributed by atoms with E-state index in [1.165, 1.54) is 12.1 Å². The fourth-order valence-electron chi connectivity index (χ4n) is 1.97. The van der Waals surface area contributed by atoms with Crippen LogP contribution in [0.3, 0.4) is 0 Å². The molecule has 0 bridgehead atoms. The van der Waals surface area contributed by atoms with Crippen molar-refractivity contribution in [3.63, 3.8) is 0 Å². The summed E-state index contributed by atoms with van der Waals surface area (Å²) < 4.78 is 12.9. The zero-order valence-electron chi connectivity index (χ0n) is 11.9. The number of nitrogens with zero attached hydrogens (tertiary/aromatic N) is 1. The van der Waals surface area contributed by atoms with Crippen LogP contribution in [0, 0.1) is 11.7 Å². The molecule has 1 aromatic rings. The summed E-state index contributed by atoms with van der Waals surface area (Å²) >= 11 is 0. The first kappa shape index (κ1) is 15.6. The van der Waals surface area contributed by atoms with Crippen molar-refractivity contribution in [2.45, 2.75) is 32.7 Å². The lowest BCUT2D eigenvalue weighted by Gasteiger charge is -2.27. The second-order valence-electron chi connectivity index (χ2n) is 4.95. The van der Waals surface area contributed by atoms with Gasteiger partial charge < -0.3 is 10.6 Å². The molecule has 2 unspecified atom stereocenters. The Balaban J connectivity index is 2.68. The summed E-state index contributed by atoms with van der Waals surface area (Å²) in [5, 5.41) is 0. The van der Waals surface area contributed by atoms with Gasteiger partial charge in [-0.2, -0.15) is 0 Å². The smallest absolute Gasteiger partial charge is 0.223 e. The summed E-state index contributed by atoms with van der Waals surface area (Å²) in [7, 11) is 1.78. The predicted octanol–water partition coefficient (Wildman–Crippen LogP) is 2.72. The van der Waals surface area contributed by atoms with Gasteiger partial charge in [-0.25, -0.2) is 4.39 Å². The molecule has 0 spiro atoms. The molecule has 0 saturated carbocycles. The van der Waals surface area contributed by atoms with Crippen LogP contribution in [0.25, 0.3) is 0 Å². The number of hydrogen-bond acceptors (Lipinski definition) is 2. The Hall–Kier alpha value is -1.42. The molecule has 2 N–H and O–H groups in total. The van der Waals surface area contributed by atoms with Gasteiger partial charge in [-0.15, -0.1) is 0 Å². The van der Waals surface area contributed by atoms with Crippen LogP contribution in [0.2, 0.25) is 0 Å². The summed E-state index contributed by atoms with van der Waals surface area (Å²) in [6.07, 6.45) is 1.37. The molecule has 3 nitrogen and oxygen atoms in total. The highest BCUT2D eigenvalue weighted by Gasteiger charge is 2.19. The Kier molecular flexibility index (Phi) is 5.96. The number of benzene rings is 1. The van der Waals surface area contributed by atoms with Gasteiger partial charge >= 0.3 is 0 Å². The lowest BCUT2D eigenvalue weighted by atomic mass is 10.0. The molecule has 0 saturated heterocycles. The summed E-state index contributed by atoms with van der Waals surface area (Å²) in [4.78, 5) is 13.8. The number of nitrogens with two attached hydrogens (primary N) is 1. The molecule has 0 fully saturated rings. The highest BCUT2D eigenvalue weighted by Crippen LogP contribution is 2.21. The minimum atomic E-state index is -0.265. The van der Waals surface area contributed by atoms with Crippen molar-refractivity contribution in [2.75, 3.05) is 13.6 Å². The van der Waals surface area contributed by atoms with Gasteiger partial charge in [0.2, 0.25) is 5.91 Å². The lowest BCUT2D eigenvalue weighted by Crippen LogP contribution is -2.32. The van der Waals surface area contributed by atoms with E-state index in [0.717, 1.165) is 12.0 Å². The van der Waals surface area contributed by atoms with Crippen LogP contribution >= 0.6 is 0 Å². The van der Waals surface area contributed by atoms with Gasteiger partial charge in [0.25, 0.3) is 0 Å². The second-order valence-corrected chi connectivity index (χ2v) is 4.95. The standard InChI is InChI=1S/C15H23FN2O/c1-4-12(10-17)9-15(19)18(3)11(2)13-5-7-14(16)8-6-13/h5-8,11-12H,4,9-10,17H2,1-3H3. The van der Waals surface area contributed by atoms with Crippen molar-refractivity contribution < 1.29 is 9.18 Å². The van der Waals surface area contributed by atoms with Gasteiger partial charge in [-0.1, -0.05) is 25.5 Å². The van der Waals surface area contributed by atoms with E-state index in [0.29, 0.717) is 13.0 Å². The number of rotatable bonds is 6. The molecular weight excluding hydrogens is 243 g/mol. The maximum Gasteiger partial charge on any atom is 0.223 e. The van der Waals surface area contributed by atoms with E-state index < -0.39 is 0 Å². The monoisotopic (exact) mass is 266 g/mol. The van der Waals surface area contributed by atoms with Crippen LogP contribution in [0.1, 0.15) is 38.3 Å². The molecule has 0 aliphatic carbocycles. The molecule has 0 aliphatic heterocycles. The fourth-order valence-corrected chi connectivity index (χ4v) is 1.97. The highest BCUT2D eigenvalue weighted by atomic mass is 19.1. The minimum absolute atomic E-state index is 0.0663. The zero-order chi connectivity index (χ0) is 14.4. The Morgan fingerprint density at radius 3 is 2.42 bits per heavy atom. The molecule has 0 aliphatic rings. The molecule has 19 heavy (non-hydrogen) atoms. The quantitative estimate of drug-likeness (QED) is 0.860. The van der Waals surface area contributed by atoms with Gasteiger partial charge in [-0.05, 0) is 37.1 Å². The van der Waals surface area contributed by atoms with Crippen LogP contribution in [-0.4, -0.2) is 24.4 Å². The van der Waals surface area contributed by atoms with Crippen LogP contribution in [0.4, 0.5) is 4.39 Å². The zero-order valence-corrected chi connectivity index (χ0v) is 11.9. The number of amides is 1. The first-order valence-electron chi connectivity index (χ1n) is 6.70. The third kappa shape index (κ3) is 4.31. The third-order valence-corrected chi connectivity index (χ3v) is 3.70. The van der Waals surface area contributed by atoms with Gasteiger partial charge in [0.15, 0.2) is 0 Å². The van der Waals surface area contributed by atoms with Crippen molar-refractivity contribution in [1.29, 1.82) is 0 Å². The summed E-state index contributed by atoms with van der Waals surface area (Å²) in [6, 6.07) is 6.19. The van der Waals surface area contributed by atoms with Crippen molar-refractivity contribution in [3.05, 3.63) is 35.6 Å². The first-order valence-corrected chi connectivity index (χ1v) is 6.70. The number of hydrogen-bond donors (Lipinski definition) is 1. The molecule has 1 rings (SSSR count). The molecule has 2 atom stereocenters. The molecule has 4 heteroatoms. The minimum Gasteiger partial charge on any atom is -0.339 e. The third-order valence-electron chi connectivity index (χ3n) is 3.70. The van der Waals surface area contributed by atoms with Crippen LogP contribution in [-0.2, 0) is 4.79 Å². The van der Waals surface area contributed by atoms with E-state index in [1.54, 1.807) is 24.1 Å². The summed E-state index contributed by atoms with van der Waals surface area (Å²) in [6.45, 7) is 4.50. The average molecular weight is 266 g/mol. The van der Waals surface area contributed by atoms with Gasteiger partial charge in [-0.3, -0.25) is 4.79 Å². The van der Waals surface area contributed by atoms with E-state index in [-0.39, 0.29) is 23.7 Å². The maximum absolute atomic E-state index is 12.9. The van der Waals surface area contributed by atoms with Crippen molar-refractivity contribution in [2.24, 2.45) is 11.7 Å². The van der Waals surface area contributed by atoms with E-state index >= 15 is 0 Å². The van der Waals surface area contributed by atoms with E-state index in [2.05, 4.69) is 0 Å². The van der Waals surface area contributed by atoms with Crippen LogP contribution in [0.5, 0.6) is 0 Å². The number of halogens is 1. The number of carbonyl (C=O) groups excluding carboxylic acids is 1.